The molecule has 0 fully saturated rings. The quantitative estimate of drug-likeness (QED) is 0.533. The molecule has 2 N–H and O–H groups in total. The van der Waals surface area contributed by atoms with Crippen molar-refractivity contribution in [2.45, 2.75) is 17.1 Å². The molecule has 2 aromatic rings. The molecule has 0 aliphatic carbocycles. The summed E-state index contributed by atoms with van der Waals surface area (Å²) < 4.78 is 14.4. The molecule has 0 amide bonds. The molecule has 0 aliphatic rings. The Morgan fingerprint density at radius 2 is 2.10 bits per heavy atom. The predicted octanol–water partition coefficient (Wildman–Crippen LogP) is 5.73. The number of hydrogen-bond acceptors (Lipinski definition) is 3. The van der Waals surface area contributed by atoms with E-state index in [-0.39, 0.29) is 10.3 Å². The highest BCUT2D eigenvalue weighted by atomic mass is 79.9. The average Bonchev–Trinajstić information content (AvgIpc) is 2.39. The summed E-state index contributed by atoms with van der Waals surface area (Å²) in [6, 6.07) is 4.60. The fraction of sp³-hybridized carbons (Fsp3) is 0.154. The van der Waals surface area contributed by atoms with E-state index < -0.39 is 5.82 Å². The first-order chi connectivity index (χ1) is 9.40. The zero-order chi connectivity index (χ0) is 14.9. The van der Waals surface area contributed by atoms with Crippen molar-refractivity contribution in [2.75, 3.05) is 5.73 Å². The first-order valence-corrected chi connectivity index (χ1v) is 8.04. The van der Waals surface area contributed by atoms with Gasteiger partial charge in [0.05, 0.1) is 9.92 Å². The van der Waals surface area contributed by atoms with Gasteiger partial charge in [0.1, 0.15) is 11.6 Å². The van der Waals surface area contributed by atoms with Crippen LogP contribution >= 0.6 is 50.9 Å². The van der Waals surface area contributed by atoms with Gasteiger partial charge in [-0.2, -0.15) is 0 Å². The Labute approximate surface area is 139 Å². The minimum Gasteiger partial charge on any atom is -0.383 e. The standard InChI is InChI=1S/C13H10BrCl2FN2S/c1-6(11-8(15)2-3-9(17)12(11)16)20-10-4-7(14)5-19-13(10)18/h2-6H,1H3,(H2,18,19). The van der Waals surface area contributed by atoms with Crippen LogP contribution in [0.15, 0.2) is 33.8 Å². The zero-order valence-electron chi connectivity index (χ0n) is 10.3. The van der Waals surface area contributed by atoms with Crippen molar-refractivity contribution in [3.8, 4) is 0 Å². The Balaban J connectivity index is 2.35. The van der Waals surface area contributed by atoms with E-state index >= 15 is 0 Å². The van der Waals surface area contributed by atoms with Crippen LogP contribution in [0.4, 0.5) is 10.2 Å². The van der Waals surface area contributed by atoms with Crippen LogP contribution in [-0.4, -0.2) is 4.98 Å². The van der Waals surface area contributed by atoms with Gasteiger partial charge < -0.3 is 5.73 Å². The number of aromatic nitrogens is 1. The van der Waals surface area contributed by atoms with Crippen molar-refractivity contribution < 1.29 is 4.39 Å². The third-order valence-electron chi connectivity index (χ3n) is 2.64. The second kappa shape index (κ2) is 6.52. The Bertz CT molecular complexity index is 655. The van der Waals surface area contributed by atoms with Crippen LogP contribution in [0, 0.1) is 5.82 Å². The van der Waals surface area contributed by atoms with Gasteiger partial charge in [-0.25, -0.2) is 9.37 Å². The Morgan fingerprint density at radius 1 is 1.40 bits per heavy atom. The molecule has 0 radical (unpaired) electrons. The molecule has 1 unspecified atom stereocenters. The maximum atomic E-state index is 13.6. The Kier molecular flexibility index (Phi) is 5.18. The van der Waals surface area contributed by atoms with E-state index in [1.165, 1.54) is 23.9 Å². The van der Waals surface area contributed by atoms with E-state index in [0.717, 1.165) is 9.37 Å². The van der Waals surface area contributed by atoms with Gasteiger partial charge in [-0.05, 0) is 41.1 Å². The molecular formula is C13H10BrCl2FN2S. The molecule has 2 nitrogen and oxygen atoms in total. The van der Waals surface area contributed by atoms with Crippen molar-refractivity contribution in [3.63, 3.8) is 0 Å². The molecule has 20 heavy (non-hydrogen) atoms. The van der Waals surface area contributed by atoms with E-state index in [1.54, 1.807) is 6.20 Å². The molecule has 2 rings (SSSR count). The predicted molar refractivity (Wildman–Crippen MR) is 87.0 cm³/mol. The zero-order valence-corrected chi connectivity index (χ0v) is 14.2. The number of nitrogen functional groups attached to an aromatic ring is 1. The number of anilines is 1. The monoisotopic (exact) mass is 394 g/mol. The smallest absolute Gasteiger partial charge is 0.142 e. The van der Waals surface area contributed by atoms with E-state index in [4.69, 9.17) is 28.9 Å². The summed E-state index contributed by atoms with van der Waals surface area (Å²) in [4.78, 5) is 4.84. The molecular weight excluding hydrogens is 386 g/mol. The van der Waals surface area contributed by atoms with Crippen LogP contribution in [0.5, 0.6) is 0 Å². The molecule has 7 heteroatoms. The molecule has 1 heterocycles. The van der Waals surface area contributed by atoms with Gasteiger partial charge in [0, 0.05) is 26.5 Å². The summed E-state index contributed by atoms with van der Waals surface area (Å²) in [6.07, 6.45) is 1.62. The average molecular weight is 396 g/mol. The maximum Gasteiger partial charge on any atom is 0.142 e. The second-order valence-corrected chi connectivity index (χ2v) is 7.14. The highest BCUT2D eigenvalue weighted by Gasteiger charge is 2.19. The van der Waals surface area contributed by atoms with E-state index in [1.807, 2.05) is 13.0 Å². The van der Waals surface area contributed by atoms with Crippen LogP contribution in [0.25, 0.3) is 0 Å². The number of thioether (sulfide) groups is 1. The summed E-state index contributed by atoms with van der Waals surface area (Å²) >= 11 is 16.9. The molecule has 1 aromatic heterocycles. The molecule has 0 aliphatic heterocycles. The number of benzene rings is 1. The van der Waals surface area contributed by atoms with Gasteiger partial charge in [-0.1, -0.05) is 23.2 Å². The van der Waals surface area contributed by atoms with Gasteiger partial charge >= 0.3 is 0 Å². The largest absolute Gasteiger partial charge is 0.383 e. The second-order valence-electron chi connectivity index (χ2n) is 4.05. The van der Waals surface area contributed by atoms with Crippen molar-refractivity contribution in [3.05, 3.63) is 50.3 Å². The summed E-state index contributed by atoms with van der Waals surface area (Å²) in [5.74, 6) is -0.0763. The molecule has 0 spiro atoms. The van der Waals surface area contributed by atoms with Crippen molar-refractivity contribution >= 4 is 56.7 Å². The summed E-state index contributed by atoms with van der Waals surface area (Å²) in [5, 5.41) is 0.307. The lowest BCUT2D eigenvalue weighted by Crippen LogP contribution is -1.97. The third kappa shape index (κ3) is 3.39. The minimum absolute atomic E-state index is 0.0408. The summed E-state index contributed by atoms with van der Waals surface area (Å²) in [6.45, 7) is 1.89. The highest BCUT2D eigenvalue weighted by Crippen LogP contribution is 2.43. The lowest BCUT2D eigenvalue weighted by molar-refractivity contribution is 0.626. The molecule has 0 bridgehead atoms. The number of pyridine rings is 1. The number of nitrogens with two attached hydrogens (primary N) is 1. The van der Waals surface area contributed by atoms with Gasteiger partial charge in [0.2, 0.25) is 0 Å². The lowest BCUT2D eigenvalue weighted by Gasteiger charge is -2.16. The fourth-order valence-corrected chi connectivity index (χ4v) is 4.11. The summed E-state index contributed by atoms with van der Waals surface area (Å²) in [5.41, 5.74) is 6.38. The fourth-order valence-electron chi connectivity index (χ4n) is 1.69. The Morgan fingerprint density at radius 3 is 2.80 bits per heavy atom. The normalized spacial score (nSPS) is 12.4. The molecule has 0 saturated carbocycles. The minimum atomic E-state index is -0.487. The summed E-state index contributed by atoms with van der Waals surface area (Å²) in [7, 11) is 0. The van der Waals surface area contributed by atoms with Gasteiger partial charge in [-0.3, -0.25) is 0 Å². The van der Waals surface area contributed by atoms with Crippen molar-refractivity contribution in [2.24, 2.45) is 0 Å². The van der Waals surface area contributed by atoms with E-state index in [0.29, 0.717) is 16.4 Å². The van der Waals surface area contributed by atoms with Crippen molar-refractivity contribution in [1.29, 1.82) is 0 Å². The number of hydrogen-bond donors (Lipinski definition) is 1. The molecule has 1 aromatic carbocycles. The SMILES string of the molecule is CC(Sc1cc(Br)cnc1N)c1c(Cl)ccc(F)c1Cl. The molecule has 106 valence electrons. The first kappa shape index (κ1) is 15.9. The molecule has 0 saturated heterocycles. The van der Waals surface area contributed by atoms with Crippen molar-refractivity contribution in [1.82, 2.24) is 4.98 Å². The van der Waals surface area contributed by atoms with Crippen LogP contribution < -0.4 is 5.73 Å². The number of nitrogens with zero attached hydrogens (tertiary/aromatic N) is 1. The van der Waals surface area contributed by atoms with E-state index in [2.05, 4.69) is 20.9 Å². The van der Waals surface area contributed by atoms with Crippen LogP contribution in [0.1, 0.15) is 17.7 Å². The van der Waals surface area contributed by atoms with Gasteiger partial charge in [0.15, 0.2) is 0 Å². The van der Waals surface area contributed by atoms with Gasteiger partial charge in [0.25, 0.3) is 0 Å². The number of rotatable bonds is 3. The van der Waals surface area contributed by atoms with Crippen LogP contribution in [0.2, 0.25) is 10.0 Å². The topological polar surface area (TPSA) is 38.9 Å². The maximum absolute atomic E-state index is 13.6. The lowest BCUT2D eigenvalue weighted by atomic mass is 10.1. The molecule has 1 atom stereocenters. The van der Waals surface area contributed by atoms with E-state index in [9.17, 15) is 4.39 Å². The first-order valence-electron chi connectivity index (χ1n) is 5.61. The van der Waals surface area contributed by atoms with Crippen LogP contribution in [0.3, 0.4) is 0 Å². The third-order valence-corrected chi connectivity index (χ3v) is 4.96. The van der Waals surface area contributed by atoms with Gasteiger partial charge in [-0.15, -0.1) is 11.8 Å². The highest BCUT2D eigenvalue weighted by molar-refractivity contribution is 9.10. The Hall–Kier alpha value is -0.490. The van der Waals surface area contributed by atoms with Crippen LogP contribution in [-0.2, 0) is 0 Å². The number of halogens is 4.